The fourth-order valence-electron chi connectivity index (χ4n) is 1.64. The molecule has 0 radical (unpaired) electrons. The summed E-state index contributed by atoms with van der Waals surface area (Å²) in [7, 11) is 0. The van der Waals surface area contributed by atoms with Crippen molar-refractivity contribution < 1.29 is 14.7 Å². The number of amides is 1. The van der Waals surface area contributed by atoms with Gasteiger partial charge in [-0.05, 0) is 23.8 Å². The number of anilines is 1. The van der Waals surface area contributed by atoms with Crippen molar-refractivity contribution in [1.29, 1.82) is 0 Å². The maximum Gasteiger partial charge on any atom is 0.307 e. The van der Waals surface area contributed by atoms with E-state index in [-0.39, 0.29) is 18.7 Å². The van der Waals surface area contributed by atoms with Crippen LogP contribution < -0.4 is 5.32 Å². The van der Waals surface area contributed by atoms with Crippen LogP contribution in [0.5, 0.6) is 0 Å². The Hall–Kier alpha value is -2.63. The Morgan fingerprint density at radius 1 is 1.16 bits per heavy atom. The van der Waals surface area contributed by atoms with Crippen molar-refractivity contribution in [2.75, 3.05) is 5.32 Å². The highest BCUT2D eigenvalue weighted by Gasteiger charge is 2.05. The molecule has 0 spiro atoms. The predicted octanol–water partition coefficient (Wildman–Crippen LogP) is 1.22. The first-order valence-electron chi connectivity index (χ1n) is 5.72. The van der Waals surface area contributed by atoms with Gasteiger partial charge < -0.3 is 10.4 Å². The number of carbonyl (C=O) groups is 2. The topological polar surface area (TPSA) is 95.1 Å². The Morgan fingerprint density at radius 3 is 2.47 bits per heavy atom. The van der Waals surface area contributed by atoms with Gasteiger partial charge in [0, 0.05) is 17.6 Å². The minimum absolute atomic E-state index is 0.0254. The number of nitrogens with one attached hydrogen (secondary N) is 2. The van der Waals surface area contributed by atoms with Crippen LogP contribution in [0, 0.1) is 0 Å². The minimum atomic E-state index is -0.879. The monoisotopic (exact) mass is 259 g/mol. The van der Waals surface area contributed by atoms with Gasteiger partial charge in [-0.3, -0.25) is 14.7 Å². The van der Waals surface area contributed by atoms with Gasteiger partial charge in [0.15, 0.2) is 0 Å². The molecule has 1 heterocycles. The van der Waals surface area contributed by atoms with Gasteiger partial charge in [-0.15, -0.1) is 0 Å². The van der Waals surface area contributed by atoms with Gasteiger partial charge in [-0.25, -0.2) is 0 Å². The van der Waals surface area contributed by atoms with Gasteiger partial charge in [-0.1, -0.05) is 12.1 Å². The van der Waals surface area contributed by atoms with Gasteiger partial charge >= 0.3 is 5.97 Å². The molecule has 3 N–H and O–H groups in total. The molecule has 2 aromatic rings. The van der Waals surface area contributed by atoms with E-state index < -0.39 is 5.97 Å². The van der Waals surface area contributed by atoms with E-state index >= 15 is 0 Å². The lowest BCUT2D eigenvalue weighted by atomic mass is 10.1. The van der Waals surface area contributed by atoms with Crippen LogP contribution >= 0.6 is 0 Å². The quantitative estimate of drug-likeness (QED) is 0.752. The normalized spacial score (nSPS) is 10.1. The molecule has 0 atom stereocenters. The van der Waals surface area contributed by atoms with E-state index in [0.29, 0.717) is 11.3 Å². The number of aliphatic carboxylic acids is 1. The van der Waals surface area contributed by atoms with Crippen molar-refractivity contribution in [2.45, 2.75) is 12.8 Å². The van der Waals surface area contributed by atoms with Gasteiger partial charge in [0.25, 0.3) is 0 Å². The van der Waals surface area contributed by atoms with Crippen LogP contribution in [-0.4, -0.2) is 27.2 Å². The molecule has 19 heavy (non-hydrogen) atoms. The molecule has 6 nitrogen and oxygen atoms in total. The van der Waals surface area contributed by atoms with Crippen LogP contribution in [0.2, 0.25) is 0 Å². The lowest BCUT2D eigenvalue weighted by Gasteiger charge is -2.05. The number of hydrogen-bond acceptors (Lipinski definition) is 3. The lowest BCUT2D eigenvalue weighted by molar-refractivity contribution is -0.136. The summed E-state index contributed by atoms with van der Waals surface area (Å²) in [6.45, 7) is 0. The highest BCUT2D eigenvalue weighted by atomic mass is 16.4. The zero-order chi connectivity index (χ0) is 13.7. The summed E-state index contributed by atoms with van der Waals surface area (Å²) in [5.41, 5.74) is 2.07. The molecule has 0 unspecified atom stereocenters. The SMILES string of the molecule is O=C(O)Cc1ccc(NC(=O)Cc2ccn[nH]2)cc1. The summed E-state index contributed by atoms with van der Waals surface area (Å²) < 4.78 is 0. The van der Waals surface area contributed by atoms with Crippen LogP contribution in [0.15, 0.2) is 36.5 Å². The summed E-state index contributed by atoms with van der Waals surface area (Å²) in [6.07, 6.45) is 1.78. The summed E-state index contributed by atoms with van der Waals surface area (Å²) in [5.74, 6) is -1.04. The number of aromatic amines is 1. The molecule has 1 amide bonds. The van der Waals surface area contributed by atoms with Crippen LogP contribution in [-0.2, 0) is 22.4 Å². The Morgan fingerprint density at radius 2 is 1.89 bits per heavy atom. The largest absolute Gasteiger partial charge is 0.481 e. The van der Waals surface area contributed by atoms with Crippen LogP contribution in [0.4, 0.5) is 5.69 Å². The molecule has 98 valence electrons. The molecular weight excluding hydrogens is 246 g/mol. The van der Waals surface area contributed by atoms with Gasteiger partial charge in [0.2, 0.25) is 5.91 Å². The molecule has 0 fully saturated rings. The Kier molecular flexibility index (Phi) is 3.92. The molecule has 0 aliphatic heterocycles. The van der Waals surface area contributed by atoms with E-state index in [4.69, 9.17) is 5.11 Å². The predicted molar refractivity (Wildman–Crippen MR) is 68.7 cm³/mol. The third-order valence-electron chi connectivity index (χ3n) is 2.50. The molecule has 2 rings (SSSR count). The first kappa shape index (κ1) is 12.8. The maximum atomic E-state index is 11.7. The minimum Gasteiger partial charge on any atom is -0.481 e. The molecule has 0 aliphatic rings. The first-order chi connectivity index (χ1) is 9.13. The standard InChI is InChI=1S/C13H13N3O3/c17-12(8-11-5-6-14-16-11)15-10-3-1-9(2-4-10)7-13(18)19/h1-6H,7-8H2,(H,14,16)(H,15,17)(H,18,19). The van der Waals surface area contributed by atoms with Gasteiger partial charge in [-0.2, -0.15) is 5.10 Å². The molecule has 1 aromatic heterocycles. The molecule has 6 heteroatoms. The second kappa shape index (κ2) is 5.81. The van der Waals surface area contributed by atoms with Gasteiger partial charge in [0.1, 0.15) is 0 Å². The average Bonchev–Trinajstić information content (AvgIpc) is 2.83. The number of rotatable bonds is 5. The number of benzene rings is 1. The molecular formula is C13H13N3O3. The summed E-state index contributed by atoms with van der Waals surface area (Å²) in [5, 5.41) is 17.8. The summed E-state index contributed by atoms with van der Waals surface area (Å²) in [4.78, 5) is 22.2. The average molecular weight is 259 g/mol. The van der Waals surface area contributed by atoms with Gasteiger partial charge in [0.05, 0.1) is 12.8 Å². The van der Waals surface area contributed by atoms with Crippen molar-refractivity contribution in [3.63, 3.8) is 0 Å². The highest BCUT2D eigenvalue weighted by Crippen LogP contribution is 2.10. The molecule has 0 bridgehead atoms. The summed E-state index contributed by atoms with van der Waals surface area (Å²) in [6, 6.07) is 8.46. The number of carbonyl (C=O) groups excluding carboxylic acids is 1. The van der Waals surface area contributed by atoms with Crippen LogP contribution in [0.1, 0.15) is 11.3 Å². The fourth-order valence-corrected chi connectivity index (χ4v) is 1.64. The zero-order valence-corrected chi connectivity index (χ0v) is 10.1. The second-order valence-electron chi connectivity index (χ2n) is 4.07. The zero-order valence-electron chi connectivity index (χ0n) is 10.1. The van der Waals surface area contributed by atoms with Crippen LogP contribution in [0.25, 0.3) is 0 Å². The highest BCUT2D eigenvalue weighted by molar-refractivity contribution is 5.92. The van der Waals surface area contributed by atoms with E-state index in [0.717, 1.165) is 5.69 Å². The smallest absolute Gasteiger partial charge is 0.307 e. The number of H-pyrrole nitrogens is 1. The molecule has 0 saturated heterocycles. The number of aromatic nitrogens is 2. The van der Waals surface area contributed by atoms with E-state index in [1.54, 1.807) is 36.5 Å². The Bertz CT molecular complexity index is 561. The summed E-state index contributed by atoms with van der Waals surface area (Å²) >= 11 is 0. The van der Waals surface area contributed by atoms with Crippen molar-refractivity contribution in [3.8, 4) is 0 Å². The van der Waals surface area contributed by atoms with Crippen molar-refractivity contribution in [3.05, 3.63) is 47.8 Å². The molecule has 0 saturated carbocycles. The number of nitrogens with zero attached hydrogens (tertiary/aromatic N) is 1. The van der Waals surface area contributed by atoms with Crippen molar-refractivity contribution in [2.24, 2.45) is 0 Å². The third-order valence-corrected chi connectivity index (χ3v) is 2.50. The number of carboxylic acids is 1. The number of hydrogen-bond donors (Lipinski definition) is 3. The molecule has 1 aromatic carbocycles. The molecule has 0 aliphatic carbocycles. The maximum absolute atomic E-state index is 11.7. The number of carboxylic acid groups (broad SMARTS) is 1. The third kappa shape index (κ3) is 3.95. The van der Waals surface area contributed by atoms with Crippen molar-refractivity contribution >= 4 is 17.6 Å². The van der Waals surface area contributed by atoms with Crippen molar-refractivity contribution in [1.82, 2.24) is 10.2 Å². The lowest BCUT2D eigenvalue weighted by Crippen LogP contribution is -2.14. The van der Waals surface area contributed by atoms with E-state index in [1.807, 2.05) is 0 Å². The van der Waals surface area contributed by atoms with E-state index in [1.165, 1.54) is 0 Å². The first-order valence-corrected chi connectivity index (χ1v) is 5.72. The Labute approximate surface area is 109 Å². The van der Waals surface area contributed by atoms with Crippen LogP contribution in [0.3, 0.4) is 0 Å². The second-order valence-corrected chi connectivity index (χ2v) is 4.07. The van der Waals surface area contributed by atoms with E-state index in [9.17, 15) is 9.59 Å². The fraction of sp³-hybridized carbons (Fsp3) is 0.154. The van der Waals surface area contributed by atoms with E-state index in [2.05, 4.69) is 15.5 Å². The Balaban J connectivity index is 1.92.